The average Bonchev–Trinajstić information content (AvgIpc) is 3.19. The number of nitrogens with zero attached hydrogens (tertiary/aromatic N) is 1. The lowest BCUT2D eigenvalue weighted by Crippen LogP contribution is -1.89. The Hall–Kier alpha value is -3.53. The molecule has 1 aromatic heterocycles. The molecule has 5 aromatic rings. The Morgan fingerprint density at radius 1 is 0.704 bits per heavy atom. The SMILES string of the molecule is COc1cc(OC)cc(-c2nc3c4ccccc4c4ccccc4c3[nH]2)c1. The number of hydrogen-bond acceptors (Lipinski definition) is 3. The summed E-state index contributed by atoms with van der Waals surface area (Å²) in [5.41, 5.74) is 2.94. The van der Waals surface area contributed by atoms with E-state index in [2.05, 4.69) is 53.5 Å². The van der Waals surface area contributed by atoms with Crippen LogP contribution in [0.3, 0.4) is 0 Å². The van der Waals surface area contributed by atoms with Crippen LogP contribution in [-0.2, 0) is 0 Å². The predicted molar refractivity (Wildman–Crippen MR) is 110 cm³/mol. The number of rotatable bonds is 3. The first-order valence-electron chi connectivity index (χ1n) is 8.81. The molecule has 0 bridgehead atoms. The van der Waals surface area contributed by atoms with Gasteiger partial charge in [-0.3, -0.25) is 0 Å². The fourth-order valence-corrected chi connectivity index (χ4v) is 3.70. The summed E-state index contributed by atoms with van der Waals surface area (Å²) in [4.78, 5) is 8.47. The summed E-state index contributed by atoms with van der Waals surface area (Å²) < 4.78 is 10.8. The van der Waals surface area contributed by atoms with E-state index in [0.29, 0.717) is 0 Å². The minimum absolute atomic E-state index is 0.736. The molecule has 1 N–H and O–H groups in total. The van der Waals surface area contributed by atoms with Crippen LogP contribution in [0.4, 0.5) is 0 Å². The topological polar surface area (TPSA) is 47.1 Å². The van der Waals surface area contributed by atoms with Gasteiger partial charge in [-0.1, -0.05) is 48.5 Å². The van der Waals surface area contributed by atoms with Gasteiger partial charge in [0, 0.05) is 22.4 Å². The third-order valence-electron chi connectivity index (χ3n) is 5.00. The second kappa shape index (κ2) is 6.02. The largest absolute Gasteiger partial charge is 0.497 e. The van der Waals surface area contributed by atoms with Crippen LogP contribution in [0.25, 0.3) is 44.0 Å². The summed E-state index contributed by atoms with van der Waals surface area (Å²) in [5.74, 6) is 2.27. The molecule has 27 heavy (non-hydrogen) atoms. The predicted octanol–water partition coefficient (Wildman–Crippen LogP) is 5.55. The van der Waals surface area contributed by atoms with Crippen molar-refractivity contribution < 1.29 is 9.47 Å². The number of ether oxygens (including phenoxy) is 2. The van der Waals surface area contributed by atoms with Gasteiger partial charge < -0.3 is 14.5 Å². The second-order valence-corrected chi connectivity index (χ2v) is 6.50. The Kier molecular flexibility index (Phi) is 3.50. The quantitative estimate of drug-likeness (QED) is 0.432. The van der Waals surface area contributed by atoms with Crippen molar-refractivity contribution in [2.24, 2.45) is 0 Å². The molecule has 4 aromatic carbocycles. The standard InChI is InChI=1S/C23H18N2O2/c1-26-15-11-14(12-16(13-15)27-2)23-24-21-19-9-5-3-7-17(19)18-8-4-6-10-20(18)22(21)25-23/h3-13H,1-2H3,(H,24,25). The number of fused-ring (bicyclic) bond motifs is 6. The van der Waals surface area contributed by atoms with E-state index < -0.39 is 0 Å². The fourth-order valence-electron chi connectivity index (χ4n) is 3.70. The molecule has 132 valence electrons. The number of methoxy groups -OCH3 is 2. The molecule has 0 saturated heterocycles. The Morgan fingerprint density at radius 3 is 1.89 bits per heavy atom. The molecule has 0 atom stereocenters. The van der Waals surface area contributed by atoms with Crippen molar-refractivity contribution in [1.29, 1.82) is 0 Å². The first-order chi connectivity index (χ1) is 13.3. The molecule has 5 rings (SSSR count). The molecule has 0 aliphatic rings. The molecule has 4 nitrogen and oxygen atoms in total. The molecule has 0 amide bonds. The highest BCUT2D eigenvalue weighted by Gasteiger charge is 2.14. The van der Waals surface area contributed by atoms with Gasteiger partial charge in [0.25, 0.3) is 0 Å². The summed E-state index contributed by atoms with van der Waals surface area (Å²) in [6.07, 6.45) is 0. The first kappa shape index (κ1) is 15.7. The molecule has 0 spiro atoms. The minimum atomic E-state index is 0.736. The van der Waals surface area contributed by atoms with Gasteiger partial charge in [-0.2, -0.15) is 0 Å². The van der Waals surface area contributed by atoms with Crippen LogP contribution in [0.15, 0.2) is 66.7 Å². The van der Waals surface area contributed by atoms with Crippen LogP contribution >= 0.6 is 0 Å². The average molecular weight is 354 g/mol. The maximum Gasteiger partial charge on any atom is 0.138 e. The van der Waals surface area contributed by atoms with Gasteiger partial charge in [0.2, 0.25) is 0 Å². The molecule has 0 unspecified atom stereocenters. The van der Waals surface area contributed by atoms with Crippen LogP contribution < -0.4 is 9.47 Å². The number of nitrogens with one attached hydrogen (secondary N) is 1. The van der Waals surface area contributed by atoms with E-state index >= 15 is 0 Å². The maximum absolute atomic E-state index is 5.41. The number of benzene rings is 4. The molecule has 0 saturated carbocycles. The van der Waals surface area contributed by atoms with Crippen LogP contribution in [0, 0.1) is 0 Å². The van der Waals surface area contributed by atoms with E-state index in [4.69, 9.17) is 14.5 Å². The highest BCUT2D eigenvalue weighted by molar-refractivity contribution is 6.23. The van der Waals surface area contributed by atoms with Crippen molar-refractivity contribution in [2.45, 2.75) is 0 Å². The van der Waals surface area contributed by atoms with Crippen LogP contribution in [0.2, 0.25) is 0 Å². The summed E-state index contributed by atoms with van der Waals surface area (Å²) in [6.45, 7) is 0. The van der Waals surface area contributed by atoms with Crippen molar-refractivity contribution in [1.82, 2.24) is 9.97 Å². The Balaban J connectivity index is 1.87. The third-order valence-corrected chi connectivity index (χ3v) is 5.00. The third kappa shape index (κ3) is 2.41. The van der Waals surface area contributed by atoms with Crippen molar-refractivity contribution in [3.8, 4) is 22.9 Å². The Bertz CT molecular complexity index is 1210. The molecule has 0 radical (unpaired) electrons. The van der Waals surface area contributed by atoms with Gasteiger partial charge >= 0.3 is 0 Å². The van der Waals surface area contributed by atoms with Gasteiger partial charge in [0.05, 0.1) is 25.3 Å². The number of imidazole rings is 1. The first-order valence-corrected chi connectivity index (χ1v) is 8.81. The summed E-state index contributed by atoms with van der Waals surface area (Å²) in [5, 5.41) is 4.74. The van der Waals surface area contributed by atoms with Gasteiger partial charge in [0.1, 0.15) is 17.3 Å². The zero-order chi connectivity index (χ0) is 18.4. The van der Waals surface area contributed by atoms with Gasteiger partial charge in [-0.25, -0.2) is 4.98 Å². The van der Waals surface area contributed by atoms with Crippen molar-refractivity contribution >= 4 is 32.6 Å². The molecule has 4 heteroatoms. The van der Waals surface area contributed by atoms with E-state index in [1.54, 1.807) is 14.2 Å². The lowest BCUT2D eigenvalue weighted by Gasteiger charge is -2.06. The molecule has 0 fully saturated rings. The Labute approximate surface area is 156 Å². The smallest absolute Gasteiger partial charge is 0.138 e. The molecule has 0 aliphatic carbocycles. The summed E-state index contributed by atoms with van der Waals surface area (Å²) in [7, 11) is 3.30. The van der Waals surface area contributed by atoms with Crippen LogP contribution in [0.1, 0.15) is 0 Å². The zero-order valence-electron chi connectivity index (χ0n) is 15.1. The van der Waals surface area contributed by atoms with Crippen LogP contribution in [0.5, 0.6) is 11.5 Å². The lowest BCUT2D eigenvalue weighted by molar-refractivity contribution is 0.394. The van der Waals surface area contributed by atoms with Crippen molar-refractivity contribution in [3.05, 3.63) is 66.7 Å². The summed E-state index contributed by atoms with van der Waals surface area (Å²) in [6, 6.07) is 22.6. The number of aromatic amines is 1. The lowest BCUT2D eigenvalue weighted by atomic mass is 10.0. The second-order valence-electron chi connectivity index (χ2n) is 6.50. The molecule has 0 aliphatic heterocycles. The molecule has 1 heterocycles. The highest BCUT2D eigenvalue weighted by atomic mass is 16.5. The van der Waals surface area contributed by atoms with E-state index in [0.717, 1.165) is 39.3 Å². The minimum Gasteiger partial charge on any atom is -0.497 e. The van der Waals surface area contributed by atoms with Crippen molar-refractivity contribution in [3.63, 3.8) is 0 Å². The molecular weight excluding hydrogens is 336 g/mol. The van der Waals surface area contributed by atoms with Gasteiger partial charge in [-0.05, 0) is 22.9 Å². The zero-order valence-corrected chi connectivity index (χ0v) is 15.1. The number of H-pyrrole nitrogens is 1. The normalized spacial score (nSPS) is 11.3. The maximum atomic E-state index is 5.41. The fraction of sp³-hybridized carbons (Fsp3) is 0.0870. The van der Waals surface area contributed by atoms with Crippen molar-refractivity contribution in [2.75, 3.05) is 14.2 Å². The van der Waals surface area contributed by atoms with E-state index in [1.165, 1.54) is 16.2 Å². The monoisotopic (exact) mass is 354 g/mol. The van der Waals surface area contributed by atoms with Crippen LogP contribution in [-0.4, -0.2) is 24.2 Å². The number of aromatic nitrogens is 2. The van der Waals surface area contributed by atoms with Gasteiger partial charge in [0.15, 0.2) is 0 Å². The van der Waals surface area contributed by atoms with E-state index in [1.807, 2.05) is 18.2 Å². The van der Waals surface area contributed by atoms with E-state index in [-0.39, 0.29) is 0 Å². The Morgan fingerprint density at radius 2 is 1.26 bits per heavy atom. The highest BCUT2D eigenvalue weighted by Crippen LogP contribution is 2.36. The number of hydrogen-bond donors (Lipinski definition) is 1. The van der Waals surface area contributed by atoms with Gasteiger partial charge in [-0.15, -0.1) is 0 Å². The molecular formula is C23H18N2O2. The summed E-state index contributed by atoms with van der Waals surface area (Å²) >= 11 is 0. The van der Waals surface area contributed by atoms with E-state index in [9.17, 15) is 0 Å².